The molecule has 5 nitrogen and oxygen atoms in total. The summed E-state index contributed by atoms with van der Waals surface area (Å²) in [6.07, 6.45) is 0.330. The fourth-order valence-corrected chi connectivity index (χ4v) is 3.79. The van der Waals surface area contributed by atoms with Crippen molar-refractivity contribution in [2.45, 2.75) is 19.4 Å². The molecule has 0 aromatic heterocycles. The highest BCUT2D eigenvalue weighted by Gasteiger charge is 2.18. The van der Waals surface area contributed by atoms with Gasteiger partial charge in [0.05, 0.1) is 12.8 Å². The normalized spacial score (nSPS) is 16.0. The fourth-order valence-electron chi connectivity index (χ4n) is 2.84. The number of ether oxygens (including phenoxy) is 2. The summed E-state index contributed by atoms with van der Waals surface area (Å²) in [5.41, 5.74) is 1.33. The Morgan fingerprint density at radius 3 is 2.75 bits per heavy atom. The number of amides is 1. The molecule has 3 rings (SSSR count). The van der Waals surface area contributed by atoms with Crippen LogP contribution >= 0.6 is 24.2 Å². The Morgan fingerprint density at radius 1 is 1.25 bits per heavy atom. The minimum atomic E-state index is -0.445. The van der Waals surface area contributed by atoms with Gasteiger partial charge in [0.15, 0.2) is 17.2 Å². The molecule has 152 valence electrons. The number of anilines is 1. The zero-order valence-electron chi connectivity index (χ0n) is 15.8. The van der Waals surface area contributed by atoms with Crippen LogP contribution in [0.4, 0.5) is 10.1 Å². The van der Waals surface area contributed by atoms with Gasteiger partial charge in [0.2, 0.25) is 5.91 Å². The molecule has 1 unspecified atom stereocenters. The van der Waals surface area contributed by atoms with Crippen molar-refractivity contribution in [2.24, 2.45) is 0 Å². The van der Waals surface area contributed by atoms with Gasteiger partial charge in [0, 0.05) is 36.6 Å². The Hall–Kier alpha value is -1.96. The molecule has 28 heavy (non-hydrogen) atoms. The van der Waals surface area contributed by atoms with E-state index < -0.39 is 5.82 Å². The van der Waals surface area contributed by atoms with Crippen molar-refractivity contribution in [2.75, 3.05) is 30.5 Å². The first-order valence-corrected chi connectivity index (χ1v) is 9.93. The smallest absolute Gasteiger partial charge is 0.226 e. The van der Waals surface area contributed by atoms with Gasteiger partial charge >= 0.3 is 0 Å². The molecule has 1 aliphatic rings. The van der Waals surface area contributed by atoms with Gasteiger partial charge in [-0.2, -0.15) is 11.8 Å². The standard InChI is InChI=1S/C20H23FN2O3S.ClH/c1-13-3-5-18(19(9-13)25-2)26-17-6-4-14(21)10-16(17)23-20(24)11-15-12-27-8-7-22-15;/h3-6,9-10,15,22H,7-8,11-12H2,1-2H3,(H,23,24);1H. The Labute approximate surface area is 174 Å². The van der Waals surface area contributed by atoms with E-state index in [0.717, 1.165) is 23.6 Å². The van der Waals surface area contributed by atoms with Crippen molar-refractivity contribution in [3.63, 3.8) is 0 Å². The number of benzene rings is 2. The summed E-state index contributed by atoms with van der Waals surface area (Å²) in [6.45, 7) is 2.84. The minimum Gasteiger partial charge on any atom is -0.493 e. The monoisotopic (exact) mass is 426 g/mol. The molecule has 1 saturated heterocycles. The van der Waals surface area contributed by atoms with Crippen molar-refractivity contribution in [3.05, 3.63) is 47.8 Å². The van der Waals surface area contributed by atoms with Crippen LogP contribution in [-0.2, 0) is 4.79 Å². The molecule has 0 aliphatic carbocycles. The van der Waals surface area contributed by atoms with Gasteiger partial charge in [-0.25, -0.2) is 4.39 Å². The number of halogens is 2. The van der Waals surface area contributed by atoms with Gasteiger partial charge in [-0.3, -0.25) is 4.79 Å². The second-order valence-corrected chi connectivity index (χ2v) is 7.52. The van der Waals surface area contributed by atoms with Crippen LogP contribution in [0.3, 0.4) is 0 Å². The molecular formula is C20H24ClFN2O3S. The molecule has 1 atom stereocenters. The average molecular weight is 427 g/mol. The molecule has 0 radical (unpaired) electrons. The van der Waals surface area contributed by atoms with Crippen LogP contribution in [-0.4, -0.2) is 37.1 Å². The van der Waals surface area contributed by atoms with E-state index in [9.17, 15) is 9.18 Å². The van der Waals surface area contributed by atoms with Crippen molar-refractivity contribution in [1.82, 2.24) is 5.32 Å². The summed E-state index contributed by atoms with van der Waals surface area (Å²) in [7, 11) is 1.56. The molecule has 8 heteroatoms. The maximum Gasteiger partial charge on any atom is 0.226 e. The number of carbonyl (C=O) groups is 1. The minimum absolute atomic E-state index is 0. The summed E-state index contributed by atoms with van der Waals surface area (Å²) < 4.78 is 25.0. The predicted octanol–water partition coefficient (Wildman–Crippen LogP) is 4.39. The summed E-state index contributed by atoms with van der Waals surface area (Å²) in [5.74, 6) is 2.74. The number of methoxy groups -OCH3 is 1. The zero-order valence-corrected chi connectivity index (χ0v) is 17.4. The van der Waals surface area contributed by atoms with E-state index in [-0.39, 0.29) is 24.4 Å². The Balaban J connectivity index is 0.00000280. The Morgan fingerprint density at radius 2 is 2.04 bits per heavy atom. The molecule has 1 heterocycles. The summed E-state index contributed by atoms with van der Waals surface area (Å²) in [6, 6.07) is 9.71. The van der Waals surface area contributed by atoms with Gasteiger partial charge in [-0.15, -0.1) is 12.4 Å². The third-order valence-corrected chi connectivity index (χ3v) is 5.32. The van der Waals surface area contributed by atoms with E-state index in [1.54, 1.807) is 13.2 Å². The van der Waals surface area contributed by atoms with Crippen molar-refractivity contribution in [1.29, 1.82) is 0 Å². The second kappa shape index (κ2) is 10.5. The number of carbonyl (C=O) groups excluding carboxylic acids is 1. The summed E-state index contributed by atoms with van der Waals surface area (Å²) in [5, 5.41) is 6.09. The maximum absolute atomic E-state index is 13.7. The van der Waals surface area contributed by atoms with Crippen LogP contribution in [0.2, 0.25) is 0 Å². The number of hydrogen-bond donors (Lipinski definition) is 2. The topological polar surface area (TPSA) is 59.6 Å². The lowest BCUT2D eigenvalue weighted by atomic mass is 10.2. The molecule has 2 N–H and O–H groups in total. The summed E-state index contributed by atoms with van der Waals surface area (Å²) in [4.78, 5) is 12.4. The van der Waals surface area contributed by atoms with Crippen LogP contribution < -0.4 is 20.1 Å². The van der Waals surface area contributed by atoms with Crippen molar-refractivity contribution < 1.29 is 18.7 Å². The van der Waals surface area contributed by atoms with E-state index in [2.05, 4.69) is 10.6 Å². The third-order valence-electron chi connectivity index (χ3n) is 4.18. The average Bonchev–Trinajstić information content (AvgIpc) is 2.65. The van der Waals surface area contributed by atoms with Crippen molar-refractivity contribution >= 4 is 35.8 Å². The molecule has 2 aromatic rings. The number of hydrogen-bond acceptors (Lipinski definition) is 5. The fraction of sp³-hybridized carbons (Fsp3) is 0.350. The van der Waals surface area contributed by atoms with Gasteiger partial charge in [-0.05, 0) is 36.8 Å². The lowest BCUT2D eigenvalue weighted by Crippen LogP contribution is -2.39. The number of nitrogens with one attached hydrogen (secondary N) is 2. The van der Waals surface area contributed by atoms with E-state index in [0.29, 0.717) is 29.4 Å². The van der Waals surface area contributed by atoms with E-state index in [1.165, 1.54) is 18.2 Å². The zero-order chi connectivity index (χ0) is 19.2. The van der Waals surface area contributed by atoms with Crippen LogP contribution in [0.5, 0.6) is 17.2 Å². The molecule has 0 bridgehead atoms. The lowest BCUT2D eigenvalue weighted by molar-refractivity contribution is -0.116. The second-order valence-electron chi connectivity index (χ2n) is 6.38. The van der Waals surface area contributed by atoms with Gasteiger partial charge in [0.25, 0.3) is 0 Å². The van der Waals surface area contributed by atoms with Gasteiger partial charge in [-0.1, -0.05) is 6.07 Å². The molecule has 1 aliphatic heterocycles. The Bertz CT molecular complexity index is 816. The molecular weight excluding hydrogens is 403 g/mol. The van der Waals surface area contributed by atoms with E-state index in [1.807, 2.05) is 30.8 Å². The summed E-state index contributed by atoms with van der Waals surface area (Å²) >= 11 is 1.82. The Kier molecular flexibility index (Phi) is 8.41. The first-order valence-electron chi connectivity index (χ1n) is 8.78. The molecule has 0 spiro atoms. The predicted molar refractivity (Wildman–Crippen MR) is 114 cm³/mol. The number of aryl methyl sites for hydroxylation is 1. The van der Waals surface area contributed by atoms with Crippen LogP contribution in [0.25, 0.3) is 0 Å². The molecule has 2 aromatic carbocycles. The largest absolute Gasteiger partial charge is 0.493 e. The van der Waals surface area contributed by atoms with Gasteiger partial charge < -0.3 is 20.1 Å². The highest BCUT2D eigenvalue weighted by Crippen LogP contribution is 2.36. The first kappa shape index (κ1) is 22.3. The number of rotatable bonds is 6. The van der Waals surface area contributed by atoms with Crippen molar-refractivity contribution in [3.8, 4) is 17.2 Å². The first-order chi connectivity index (χ1) is 13.0. The molecule has 0 saturated carbocycles. The van der Waals surface area contributed by atoms with E-state index >= 15 is 0 Å². The van der Waals surface area contributed by atoms with E-state index in [4.69, 9.17) is 9.47 Å². The SMILES string of the molecule is COc1cc(C)ccc1Oc1ccc(F)cc1NC(=O)CC1CSCCN1.Cl. The van der Waals surface area contributed by atoms with Crippen LogP contribution in [0.15, 0.2) is 36.4 Å². The van der Waals surface area contributed by atoms with Crippen LogP contribution in [0.1, 0.15) is 12.0 Å². The quantitative estimate of drug-likeness (QED) is 0.717. The highest BCUT2D eigenvalue weighted by molar-refractivity contribution is 7.99. The molecule has 1 fully saturated rings. The highest BCUT2D eigenvalue weighted by atomic mass is 35.5. The molecule has 1 amide bonds. The van der Waals surface area contributed by atoms with Crippen LogP contribution in [0, 0.1) is 12.7 Å². The third kappa shape index (κ3) is 6.02. The maximum atomic E-state index is 13.7. The van der Waals surface area contributed by atoms with Gasteiger partial charge in [0.1, 0.15) is 5.82 Å². The lowest BCUT2D eigenvalue weighted by Gasteiger charge is -2.22. The number of thioether (sulfide) groups is 1.